The molecule has 0 saturated heterocycles. The molecule has 12 nitrogen and oxygen atoms in total. The first-order valence-electron chi connectivity index (χ1n) is 16.2. The predicted octanol–water partition coefficient (Wildman–Crippen LogP) is 7.70. The van der Waals surface area contributed by atoms with Gasteiger partial charge in [-0.3, -0.25) is 4.72 Å². The van der Waals surface area contributed by atoms with Crippen LogP contribution in [0.4, 0.5) is 5.95 Å². The third kappa shape index (κ3) is 8.95. The number of furan rings is 1. The molecule has 50 heavy (non-hydrogen) atoms. The average molecular weight is 720 g/mol. The number of carboxylic acid groups (broad SMARTS) is 1. The maximum absolute atomic E-state index is 13.6. The average Bonchev–Trinajstić information content (AvgIpc) is 3.80. The van der Waals surface area contributed by atoms with Gasteiger partial charge in [-0.05, 0) is 67.9 Å². The zero-order valence-corrected chi connectivity index (χ0v) is 30.3. The lowest BCUT2D eigenvalue weighted by Crippen LogP contribution is -2.37. The van der Waals surface area contributed by atoms with Crippen LogP contribution in [-0.2, 0) is 16.5 Å². The maximum Gasteiger partial charge on any atom is 0.335 e. The SMILES string of the molecule is Cc1cccc(C)c1-c1cc(OC[C@@H](CC(C)(C)C)NCc2cnc3oc(C4CC4)cc3n2)nc(NS(=N)(=O)c2cccc(C(=O)O)c2)n1.Cl. The Bertz CT molecular complexity index is 2110. The zero-order valence-electron chi connectivity index (χ0n) is 28.6. The smallest absolute Gasteiger partial charge is 0.335 e. The Kier molecular flexibility index (Phi) is 10.8. The molecule has 0 bridgehead atoms. The van der Waals surface area contributed by atoms with Crippen molar-refractivity contribution >= 4 is 45.5 Å². The molecule has 1 aliphatic rings. The molecule has 264 valence electrons. The van der Waals surface area contributed by atoms with Crippen molar-refractivity contribution in [2.24, 2.45) is 5.41 Å². The third-order valence-electron chi connectivity index (χ3n) is 8.24. The number of fused-ring (bicyclic) bond motifs is 1. The summed E-state index contributed by atoms with van der Waals surface area (Å²) in [7, 11) is -3.74. The highest BCUT2D eigenvalue weighted by molar-refractivity contribution is 7.93. The Balaban J connectivity index is 0.00000486. The number of carboxylic acids is 1. The Hall–Kier alpha value is -4.59. The highest BCUT2D eigenvalue weighted by Crippen LogP contribution is 2.41. The summed E-state index contributed by atoms with van der Waals surface area (Å²) in [5, 5.41) is 13.0. The summed E-state index contributed by atoms with van der Waals surface area (Å²) in [5.41, 5.74) is 5.35. The number of benzene rings is 2. The lowest BCUT2D eigenvalue weighted by molar-refractivity contribution is 0.0696. The first-order chi connectivity index (χ1) is 23.2. The molecule has 1 saturated carbocycles. The number of hydrogen-bond acceptors (Lipinski definition) is 10. The number of rotatable bonds is 13. The Labute approximate surface area is 298 Å². The fraction of sp³-hybridized carbons (Fsp3) is 0.361. The maximum atomic E-state index is 13.6. The highest BCUT2D eigenvalue weighted by atomic mass is 35.5. The summed E-state index contributed by atoms with van der Waals surface area (Å²) in [6.45, 7) is 11.2. The molecular weight excluding hydrogens is 678 g/mol. The summed E-state index contributed by atoms with van der Waals surface area (Å²) >= 11 is 0. The molecule has 3 heterocycles. The minimum absolute atomic E-state index is 0. The largest absolute Gasteiger partial charge is 0.478 e. The lowest BCUT2D eigenvalue weighted by Gasteiger charge is -2.27. The molecule has 0 aliphatic heterocycles. The van der Waals surface area contributed by atoms with E-state index in [1.54, 1.807) is 12.3 Å². The molecule has 1 unspecified atom stereocenters. The van der Waals surface area contributed by atoms with E-state index in [4.69, 9.17) is 18.9 Å². The van der Waals surface area contributed by atoms with Crippen molar-refractivity contribution in [3.8, 4) is 17.1 Å². The summed E-state index contributed by atoms with van der Waals surface area (Å²) in [5.74, 6) is 0.404. The molecule has 3 aromatic heterocycles. The van der Waals surface area contributed by atoms with Gasteiger partial charge in [0.1, 0.15) is 17.9 Å². The van der Waals surface area contributed by atoms with Gasteiger partial charge >= 0.3 is 5.97 Å². The van der Waals surface area contributed by atoms with E-state index >= 15 is 0 Å². The molecule has 1 fully saturated rings. The van der Waals surface area contributed by atoms with Crippen molar-refractivity contribution in [3.05, 3.63) is 88.9 Å². The number of hydrogen-bond donors (Lipinski definition) is 4. The normalized spacial score (nSPS) is 14.8. The van der Waals surface area contributed by atoms with E-state index in [0.717, 1.165) is 52.9 Å². The quantitative estimate of drug-likeness (QED) is 0.0943. The number of aromatic carboxylic acids is 1. The summed E-state index contributed by atoms with van der Waals surface area (Å²) in [6.07, 6.45) is 4.79. The molecule has 0 amide bonds. The summed E-state index contributed by atoms with van der Waals surface area (Å²) < 4.78 is 37.1. The molecule has 2 aromatic carbocycles. The van der Waals surface area contributed by atoms with Crippen molar-refractivity contribution in [1.82, 2.24) is 25.3 Å². The van der Waals surface area contributed by atoms with Crippen molar-refractivity contribution in [3.63, 3.8) is 0 Å². The number of ether oxygens (including phenoxy) is 1. The van der Waals surface area contributed by atoms with Gasteiger partial charge in [-0.15, -0.1) is 12.4 Å². The van der Waals surface area contributed by atoms with Crippen LogP contribution in [0.2, 0.25) is 0 Å². The predicted molar refractivity (Wildman–Crippen MR) is 194 cm³/mol. The van der Waals surface area contributed by atoms with Gasteiger partial charge in [-0.2, -0.15) is 4.98 Å². The second kappa shape index (κ2) is 14.7. The van der Waals surface area contributed by atoms with Crippen molar-refractivity contribution in [2.45, 2.75) is 77.3 Å². The van der Waals surface area contributed by atoms with Crippen LogP contribution < -0.4 is 14.8 Å². The van der Waals surface area contributed by atoms with E-state index in [-0.39, 0.29) is 52.8 Å². The van der Waals surface area contributed by atoms with Gasteiger partial charge in [0.05, 0.1) is 28.0 Å². The second-order valence-corrected chi connectivity index (χ2v) is 15.6. The van der Waals surface area contributed by atoms with Crippen molar-refractivity contribution < 1.29 is 23.3 Å². The van der Waals surface area contributed by atoms with Crippen LogP contribution in [0.3, 0.4) is 0 Å². The molecule has 5 aromatic rings. The molecule has 1 aliphatic carbocycles. The fourth-order valence-corrected chi connectivity index (χ4v) is 6.81. The number of aromatic nitrogens is 4. The number of halogens is 1. The first-order valence-corrected chi connectivity index (χ1v) is 17.8. The van der Waals surface area contributed by atoms with Gasteiger partial charge in [0.15, 0.2) is 9.92 Å². The number of nitrogens with zero attached hydrogens (tertiary/aromatic N) is 4. The van der Waals surface area contributed by atoms with Crippen molar-refractivity contribution in [2.75, 3.05) is 11.3 Å². The molecule has 14 heteroatoms. The molecule has 2 atom stereocenters. The molecule has 0 radical (unpaired) electrons. The monoisotopic (exact) mass is 719 g/mol. The van der Waals surface area contributed by atoms with Crippen LogP contribution in [0.25, 0.3) is 22.5 Å². The minimum atomic E-state index is -3.74. The number of carbonyl (C=O) groups is 1. The first kappa shape index (κ1) is 36.7. The van der Waals surface area contributed by atoms with E-state index in [0.29, 0.717) is 23.9 Å². The lowest BCUT2D eigenvalue weighted by atomic mass is 9.88. The number of nitrogens with one attached hydrogen (secondary N) is 3. The van der Waals surface area contributed by atoms with Gasteiger partial charge < -0.3 is 19.6 Å². The van der Waals surface area contributed by atoms with Crippen LogP contribution in [-0.4, -0.2) is 47.9 Å². The van der Waals surface area contributed by atoms with Gasteiger partial charge in [0.2, 0.25) is 17.5 Å². The third-order valence-corrected chi connectivity index (χ3v) is 9.63. The fourth-order valence-electron chi connectivity index (χ4n) is 5.78. The summed E-state index contributed by atoms with van der Waals surface area (Å²) in [6, 6.07) is 15.0. The zero-order chi connectivity index (χ0) is 34.9. The Morgan fingerprint density at radius 1 is 1.08 bits per heavy atom. The Morgan fingerprint density at radius 2 is 1.80 bits per heavy atom. The molecular formula is C36H42ClN7O5S. The minimum Gasteiger partial charge on any atom is -0.478 e. The van der Waals surface area contributed by atoms with E-state index < -0.39 is 15.9 Å². The van der Waals surface area contributed by atoms with E-state index in [9.17, 15) is 14.1 Å². The van der Waals surface area contributed by atoms with E-state index in [2.05, 4.69) is 45.8 Å². The van der Waals surface area contributed by atoms with Gasteiger partial charge in [0, 0.05) is 36.2 Å². The van der Waals surface area contributed by atoms with Crippen LogP contribution in [0.15, 0.2) is 70.1 Å². The standard InChI is InChI=1S/C36H41N7O5S.ClH/c1-21-8-6-9-22(2)32(21)28-16-31(42-35(41-28)43-49(37,46)27-11-7-10-24(14-27)34(44)45)47-20-25(17-36(3,4)5)38-18-26-19-39-33-29(40-26)15-30(48-33)23-12-13-23;/h6-11,14-16,19,23,25,38H,12-13,17-18,20H2,1-5H3,(H,44,45)(H2,37,41,42,43,46);1H/t25-,49?;/m1./s1. The van der Waals surface area contributed by atoms with Gasteiger partial charge in [-0.25, -0.2) is 28.7 Å². The Morgan fingerprint density at radius 3 is 2.48 bits per heavy atom. The second-order valence-electron chi connectivity index (χ2n) is 13.8. The number of aryl methyl sites for hydroxylation is 2. The highest BCUT2D eigenvalue weighted by Gasteiger charge is 2.28. The van der Waals surface area contributed by atoms with Crippen LogP contribution in [0.5, 0.6) is 5.88 Å². The molecule has 0 spiro atoms. The van der Waals surface area contributed by atoms with Gasteiger partial charge in [-0.1, -0.05) is 45.0 Å². The van der Waals surface area contributed by atoms with E-state index in [1.165, 1.54) is 24.3 Å². The topological polar surface area (TPSA) is 176 Å². The van der Waals surface area contributed by atoms with Crippen molar-refractivity contribution in [1.29, 1.82) is 4.78 Å². The molecule has 6 rings (SSSR count). The van der Waals surface area contributed by atoms with E-state index in [1.807, 2.05) is 38.1 Å². The van der Waals surface area contributed by atoms with Gasteiger partial charge in [0.25, 0.3) is 0 Å². The van der Waals surface area contributed by atoms with Crippen LogP contribution in [0, 0.1) is 24.0 Å². The molecule has 4 N–H and O–H groups in total. The van der Waals surface area contributed by atoms with Crippen LogP contribution >= 0.6 is 12.4 Å². The van der Waals surface area contributed by atoms with Crippen LogP contribution in [0.1, 0.15) is 78.9 Å². The number of anilines is 1. The summed E-state index contributed by atoms with van der Waals surface area (Å²) in [4.78, 5) is 29.9.